The van der Waals surface area contributed by atoms with E-state index < -0.39 is 0 Å². The molecule has 2 N–H and O–H groups in total. The summed E-state index contributed by atoms with van der Waals surface area (Å²) in [5.74, 6) is 2.14. The summed E-state index contributed by atoms with van der Waals surface area (Å²) in [6, 6.07) is 11.1. The number of nitrogens with zero attached hydrogens (tertiary/aromatic N) is 1. The highest BCUT2D eigenvalue weighted by Crippen LogP contribution is 2.38. The Morgan fingerprint density at radius 2 is 1.70 bits per heavy atom. The van der Waals surface area contributed by atoms with Crippen molar-refractivity contribution in [2.24, 2.45) is 0 Å². The molecule has 0 fully saturated rings. The number of thiazole rings is 1. The van der Waals surface area contributed by atoms with Gasteiger partial charge in [0.15, 0.2) is 5.13 Å². The predicted molar refractivity (Wildman–Crippen MR) is 106 cm³/mol. The molecule has 0 unspecified atom stereocenters. The van der Waals surface area contributed by atoms with Gasteiger partial charge in [0.25, 0.3) is 0 Å². The Bertz CT molecular complexity index is 884. The number of amides is 2. The van der Waals surface area contributed by atoms with Crippen LogP contribution in [0.5, 0.6) is 17.2 Å². The first-order valence-electron chi connectivity index (χ1n) is 8.34. The maximum absolute atomic E-state index is 12.2. The van der Waals surface area contributed by atoms with Crippen LogP contribution in [0.3, 0.4) is 0 Å². The molecule has 0 aliphatic carbocycles. The standard InChI is InChI=1S/C19H21N3O4S/c1-24-13-6-4-12(5-7-13)10-11-20-18(23)22-19-21-16-14(25-2)8-9-15(26-3)17(16)27-19/h4-9H,10-11H2,1-3H3,(H2,20,21,22,23). The molecule has 0 saturated heterocycles. The van der Waals surface area contributed by atoms with E-state index in [1.807, 2.05) is 30.3 Å². The van der Waals surface area contributed by atoms with Gasteiger partial charge in [-0.3, -0.25) is 5.32 Å². The van der Waals surface area contributed by atoms with Crippen molar-refractivity contribution in [1.82, 2.24) is 10.3 Å². The van der Waals surface area contributed by atoms with Gasteiger partial charge in [-0.15, -0.1) is 0 Å². The molecule has 0 spiro atoms. The van der Waals surface area contributed by atoms with E-state index in [4.69, 9.17) is 14.2 Å². The average molecular weight is 387 g/mol. The van der Waals surface area contributed by atoms with Gasteiger partial charge in [0.1, 0.15) is 27.5 Å². The number of urea groups is 1. The number of rotatable bonds is 7. The number of hydrogen-bond acceptors (Lipinski definition) is 6. The van der Waals surface area contributed by atoms with Gasteiger partial charge in [-0.05, 0) is 36.2 Å². The molecule has 7 nitrogen and oxygen atoms in total. The molecule has 1 aromatic heterocycles. The fraction of sp³-hybridized carbons (Fsp3) is 0.263. The second kappa shape index (κ2) is 8.59. The van der Waals surface area contributed by atoms with Crippen LogP contribution in [-0.4, -0.2) is 38.9 Å². The quantitative estimate of drug-likeness (QED) is 0.646. The Labute approximate surface area is 161 Å². The molecule has 0 bridgehead atoms. The van der Waals surface area contributed by atoms with Gasteiger partial charge in [-0.25, -0.2) is 9.78 Å². The fourth-order valence-corrected chi connectivity index (χ4v) is 3.56. The minimum absolute atomic E-state index is 0.305. The summed E-state index contributed by atoms with van der Waals surface area (Å²) in [6.45, 7) is 0.510. The number of ether oxygens (including phenoxy) is 3. The number of methoxy groups -OCH3 is 3. The summed E-state index contributed by atoms with van der Waals surface area (Å²) in [6.07, 6.45) is 0.721. The molecule has 0 atom stereocenters. The van der Waals surface area contributed by atoms with Crippen LogP contribution in [0, 0.1) is 0 Å². The molecular formula is C19H21N3O4S. The van der Waals surface area contributed by atoms with Gasteiger partial charge in [0.2, 0.25) is 0 Å². The largest absolute Gasteiger partial charge is 0.497 e. The van der Waals surface area contributed by atoms with Crippen LogP contribution < -0.4 is 24.8 Å². The van der Waals surface area contributed by atoms with Crippen LogP contribution in [0.2, 0.25) is 0 Å². The van der Waals surface area contributed by atoms with Crippen LogP contribution in [0.15, 0.2) is 36.4 Å². The van der Waals surface area contributed by atoms with Gasteiger partial charge in [-0.1, -0.05) is 23.5 Å². The summed E-state index contributed by atoms with van der Waals surface area (Å²) < 4.78 is 16.6. The van der Waals surface area contributed by atoms with Crippen LogP contribution in [-0.2, 0) is 6.42 Å². The molecule has 3 rings (SSSR count). The van der Waals surface area contributed by atoms with Crippen molar-refractivity contribution >= 4 is 32.7 Å². The highest BCUT2D eigenvalue weighted by Gasteiger charge is 2.15. The molecule has 2 aromatic carbocycles. The highest BCUT2D eigenvalue weighted by molar-refractivity contribution is 7.22. The molecule has 142 valence electrons. The summed E-state index contributed by atoms with van der Waals surface area (Å²) in [5.41, 5.74) is 1.78. The lowest BCUT2D eigenvalue weighted by atomic mass is 10.1. The van der Waals surface area contributed by atoms with Gasteiger partial charge in [0, 0.05) is 6.54 Å². The normalized spacial score (nSPS) is 10.5. The highest BCUT2D eigenvalue weighted by atomic mass is 32.1. The first kappa shape index (κ1) is 18.8. The minimum Gasteiger partial charge on any atom is -0.497 e. The van der Waals surface area contributed by atoms with Crippen LogP contribution >= 0.6 is 11.3 Å². The lowest BCUT2D eigenvalue weighted by Gasteiger charge is -2.06. The maximum Gasteiger partial charge on any atom is 0.321 e. The minimum atomic E-state index is -0.305. The van der Waals surface area contributed by atoms with Crippen molar-refractivity contribution in [3.63, 3.8) is 0 Å². The van der Waals surface area contributed by atoms with Gasteiger partial charge < -0.3 is 19.5 Å². The van der Waals surface area contributed by atoms with Crippen LogP contribution in [0.25, 0.3) is 10.2 Å². The number of carbonyl (C=O) groups excluding carboxylic acids is 1. The van der Waals surface area contributed by atoms with Crippen molar-refractivity contribution < 1.29 is 19.0 Å². The molecule has 8 heteroatoms. The Kier molecular flexibility index (Phi) is 5.97. The number of benzene rings is 2. The molecule has 0 aliphatic heterocycles. The van der Waals surface area contributed by atoms with E-state index >= 15 is 0 Å². The zero-order valence-corrected chi connectivity index (χ0v) is 16.2. The maximum atomic E-state index is 12.2. The number of carbonyl (C=O) groups is 1. The van der Waals surface area contributed by atoms with Crippen molar-refractivity contribution in [2.75, 3.05) is 33.2 Å². The third-order valence-electron chi connectivity index (χ3n) is 3.99. The number of fused-ring (bicyclic) bond motifs is 1. The second-order valence-corrected chi connectivity index (χ2v) is 6.64. The molecule has 0 saturated carbocycles. The van der Waals surface area contributed by atoms with E-state index in [1.165, 1.54) is 11.3 Å². The van der Waals surface area contributed by atoms with Crippen LogP contribution in [0.1, 0.15) is 5.56 Å². The van der Waals surface area contributed by atoms with E-state index in [0.717, 1.165) is 22.4 Å². The first-order valence-corrected chi connectivity index (χ1v) is 9.15. The molecule has 1 heterocycles. The van der Waals surface area contributed by atoms with Crippen molar-refractivity contribution in [3.05, 3.63) is 42.0 Å². The molecule has 27 heavy (non-hydrogen) atoms. The third kappa shape index (κ3) is 4.40. The fourth-order valence-electron chi connectivity index (χ4n) is 2.59. The monoisotopic (exact) mass is 387 g/mol. The number of aromatic nitrogens is 1. The molecule has 2 amide bonds. The van der Waals surface area contributed by atoms with Crippen molar-refractivity contribution in [1.29, 1.82) is 0 Å². The molecular weight excluding hydrogens is 366 g/mol. The smallest absolute Gasteiger partial charge is 0.321 e. The van der Waals surface area contributed by atoms with Gasteiger partial charge in [-0.2, -0.15) is 0 Å². The zero-order chi connectivity index (χ0) is 19.2. The summed E-state index contributed by atoms with van der Waals surface area (Å²) >= 11 is 1.34. The Morgan fingerprint density at radius 1 is 1.00 bits per heavy atom. The summed E-state index contributed by atoms with van der Waals surface area (Å²) in [4.78, 5) is 16.6. The Hall–Kier alpha value is -3.00. The molecule has 0 aliphatic rings. The summed E-state index contributed by atoms with van der Waals surface area (Å²) in [5, 5.41) is 6.08. The number of anilines is 1. The van der Waals surface area contributed by atoms with E-state index in [2.05, 4.69) is 15.6 Å². The van der Waals surface area contributed by atoms with Crippen LogP contribution in [0.4, 0.5) is 9.93 Å². The molecule has 3 aromatic rings. The first-order chi connectivity index (χ1) is 13.1. The topological polar surface area (TPSA) is 81.7 Å². The Morgan fingerprint density at radius 3 is 2.37 bits per heavy atom. The van der Waals surface area contributed by atoms with Gasteiger partial charge in [0.05, 0.1) is 21.3 Å². The Balaban J connectivity index is 1.60. The summed E-state index contributed by atoms with van der Waals surface area (Å²) in [7, 11) is 4.81. The average Bonchev–Trinajstić information content (AvgIpc) is 3.11. The zero-order valence-electron chi connectivity index (χ0n) is 15.4. The lowest BCUT2D eigenvalue weighted by Crippen LogP contribution is -2.30. The second-order valence-electron chi connectivity index (χ2n) is 5.65. The SMILES string of the molecule is COc1ccc(CCNC(=O)Nc2nc3c(OC)ccc(OC)c3s2)cc1. The number of hydrogen-bond donors (Lipinski definition) is 2. The number of nitrogens with one attached hydrogen (secondary N) is 2. The van der Waals surface area contributed by atoms with E-state index in [-0.39, 0.29) is 6.03 Å². The molecule has 0 radical (unpaired) electrons. The van der Waals surface area contributed by atoms with Crippen molar-refractivity contribution in [2.45, 2.75) is 6.42 Å². The van der Waals surface area contributed by atoms with E-state index in [9.17, 15) is 4.79 Å². The predicted octanol–water partition coefficient (Wildman–Crippen LogP) is 3.69. The van der Waals surface area contributed by atoms with Crippen molar-refractivity contribution in [3.8, 4) is 17.2 Å². The van der Waals surface area contributed by atoms with E-state index in [1.54, 1.807) is 27.4 Å². The third-order valence-corrected chi connectivity index (χ3v) is 4.97. The van der Waals surface area contributed by atoms with Gasteiger partial charge >= 0.3 is 6.03 Å². The lowest BCUT2D eigenvalue weighted by molar-refractivity contribution is 0.252. The van der Waals surface area contributed by atoms with E-state index in [0.29, 0.717) is 28.7 Å².